The van der Waals surface area contributed by atoms with E-state index < -0.39 is 5.97 Å². The summed E-state index contributed by atoms with van der Waals surface area (Å²) in [5.41, 5.74) is 0. The summed E-state index contributed by atoms with van der Waals surface area (Å²) < 4.78 is 15.7. The van der Waals surface area contributed by atoms with Crippen LogP contribution in [0.3, 0.4) is 0 Å². The van der Waals surface area contributed by atoms with E-state index in [1.807, 2.05) is 17.5 Å². The van der Waals surface area contributed by atoms with Crippen molar-refractivity contribution in [1.29, 1.82) is 0 Å². The van der Waals surface area contributed by atoms with Crippen LogP contribution < -0.4 is 9.47 Å². The molecule has 0 amide bonds. The largest absolute Gasteiger partial charge is 0.497 e. The van der Waals surface area contributed by atoms with Gasteiger partial charge < -0.3 is 13.9 Å². The number of nitrogens with zero attached hydrogens (tertiary/aromatic N) is 2. The number of hydrogen-bond acceptors (Lipinski definition) is 8. The Labute approximate surface area is 140 Å². The Morgan fingerprint density at radius 1 is 1.22 bits per heavy atom. The SMILES string of the molecule is COc1ccc(OC(=O)CSc2nnc(-c3cccs3)o2)cc1. The summed E-state index contributed by atoms with van der Waals surface area (Å²) in [6.45, 7) is 0. The average Bonchev–Trinajstić information content (AvgIpc) is 3.25. The summed E-state index contributed by atoms with van der Waals surface area (Å²) in [7, 11) is 1.58. The first-order valence-corrected chi connectivity index (χ1v) is 8.46. The molecule has 1 aromatic carbocycles. The zero-order valence-electron chi connectivity index (χ0n) is 12.1. The van der Waals surface area contributed by atoms with E-state index in [9.17, 15) is 4.79 Å². The van der Waals surface area contributed by atoms with Crippen LogP contribution in [-0.4, -0.2) is 29.0 Å². The molecule has 118 valence electrons. The Bertz CT molecular complexity index is 769. The fourth-order valence-electron chi connectivity index (χ4n) is 1.69. The van der Waals surface area contributed by atoms with Crippen LogP contribution in [0.1, 0.15) is 0 Å². The highest BCUT2D eigenvalue weighted by atomic mass is 32.2. The van der Waals surface area contributed by atoms with E-state index >= 15 is 0 Å². The molecule has 0 aliphatic rings. The monoisotopic (exact) mass is 348 g/mol. The molecular weight excluding hydrogens is 336 g/mol. The number of hydrogen-bond donors (Lipinski definition) is 0. The van der Waals surface area contributed by atoms with Crippen LogP contribution in [0.4, 0.5) is 0 Å². The summed E-state index contributed by atoms with van der Waals surface area (Å²) in [5, 5.41) is 10.1. The molecule has 0 N–H and O–H groups in total. The number of aromatic nitrogens is 2. The molecule has 0 saturated heterocycles. The molecule has 0 saturated carbocycles. The maximum Gasteiger partial charge on any atom is 0.321 e. The van der Waals surface area contributed by atoms with Gasteiger partial charge in [-0.3, -0.25) is 4.79 Å². The van der Waals surface area contributed by atoms with Crippen molar-refractivity contribution in [3.05, 3.63) is 41.8 Å². The van der Waals surface area contributed by atoms with Crippen molar-refractivity contribution in [2.75, 3.05) is 12.9 Å². The van der Waals surface area contributed by atoms with Crippen LogP contribution in [0.5, 0.6) is 11.5 Å². The second-order valence-electron chi connectivity index (χ2n) is 4.29. The molecule has 23 heavy (non-hydrogen) atoms. The number of methoxy groups -OCH3 is 1. The molecule has 3 aromatic rings. The maximum absolute atomic E-state index is 11.8. The van der Waals surface area contributed by atoms with Gasteiger partial charge in [0.05, 0.1) is 12.0 Å². The van der Waals surface area contributed by atoms with Crippen LogP contribution in [-0.2, 0) is 4.79 Å². The van der Waals surface area contributed by atoms with E-state index in [1.165, 1.54) is 11.3 Å². The number of thiophene rings is 1. The first kappa shape index (κ1) is 15.6. The van der Waals surface area contributed by atoms with Crippen molar-refractivity contribution >= 4 is 29.1 Å². The highest BCUT2D eigenvalue weighted by Crippen LogP contribution is 2.26. The van der Waals surface area contributed by atoms with Gasteiger partial charge in [0.1, 0.15) is 17.3 Å². The zero-order chi connectivity index (χ0) is 16.1. The molecule has 0 unspecified atom stereocenters. The lowest BCUT2D eigenvalue weighted by molar-refractivity contribution is -0.131. The van der Waals surface area contributed by atoms with Crippen LogP contribution in [0.15, 0.2) is 51.4 Å². The fourth-order valence-corrected chi connectivity index (χ4v) is 2.87. The Kier molecular flexibility index (Phi) is 4.94. The fraction of sp³-hybridized carbons (Fsp3) is 0.133. The topological polar surface area (TPSA) is 74.5 Å². The highest BCUT2D eigenvalue weighted by Gasteiger charge is 2.13. The predicted molar refractivity (Wildman–Crippen MR) is 87.0 cm³/mol. The molecule has 6 nitrogen and oxygen atoms in total. The maximum atomic E-state index is 11.8. The molecule has 0 bridgehead atoms. The van der Waals surface area contributed by atoms with Crippen LogP contribution in [0.25, 0.3) is 10.8 Å². The van der Waals surface area contributed by atoms with Gasteiger partial charge in [0.15, 0.2) is 0 Å². The molecule has 0 radical (unpaired) electrons. The lowest BCUT2D eigenvalue weighted by atomic mass is 10.3. The number of esters is 1. The summed E-state index contributed by atoms with van der Waals surface area (Å²) in [6, 6.07) is 10.6. The van der Waals surface area contributed by atoms with Gasteiger partial charge in [0, 0.05) is 0 Å². The third-order valence-corrected chi connectivity index (χ3v) is 4.39. The quantitative estimate of drug-likeness (QED) is 0.383. The summed E-state index contributed by atoms with van der Waals surface area (Å²) >= 11 is 2.65. The lowest BCUT2D eigenvalue weighted by Gasteiger charge is -2.04. The van der Waals surface area contributed by atoms with E-state index in [2.05, 4.69) is 10.2 Å². The molecular formula is C15H12N2O4S2. The van der Waals surface area contributed by atoms with Crippen molar-refractivity contribution in [3.8, 4) is 22.3 Å². The lowest BCUT2D eigenvalue weighted by Crippen LogP contribution is -2.10. The third kappa shape index (κ3) is 4.11. The summed E-state index contributed by atoms with van der Waals surface area (Å²) in [6.07, 6.45) is 0. The third-order valence-electron chi connectivity index (χ3n) is 2.74. The Morgan fingerprint density at radius 3 is 2.70 bits per heavy atom. The van der Waals surface area contributed by atoms with Gasteiger partial charge in [-0.25, -0.2) is 0 Å². The first-order valence-electron chi connectivity index (χ1n) is 6.59. The van der Waals surface area contributed by atoms with Gasteiger partial charge in [0.25, 0.3) is 11.1 Å². The van der Waals surface area contributed by atoms with Crippen molar-refractivity contribution < 1.29 is 18.7 Å². The van der Waals surface area contributed by atoms with E-state index in [0.29, 0.717) is 22.6 Å². The molecule has 0 spiro atoms. The standard InChI is InChI=1S/C15H12N2O4S2/c1-19-10-4-6-11(7-5-10)20-13(18)9-23-15-17-16-14(21-15)12-3-2-8-22-12/h2-8H,9H2,1H3. The van der Waals surface area contributed by atoms with Gasteiger partial charge in [0.2, 0.25) is 0 Å². The Hall–Kier alpha value is -2.32. The van der Waals surface area contributed by atoms with Gasteiger partial charge in [-0.15, -0.1) is 21.5 Å². The van der Waals surface area contributed by atoms with E-state index in [4.69, 9.17) is 13.9 Å². The van der Waals surface area contributed by atoms with Gasteiger partial charge in [-0.1, -0.05) is 17.8 Å². The minimum atomic E-state index is -0.393. The second kappa shape index (κ2) is 7.30. The highest BCUT2D eigenvalue weighted by molar-refractivity contribution is 7.99. The van der Waals surface area contributed by atoms with Crippen LogP contribution in [0.2, 0.25) is 0 Å². The minimum absolute atomic E-state index is 0.0815. The van der Waals surface area contributed by atoms with Crippen molar-refractivity contribution in [3.63, 3.8) is 0 Å². The summed E-state index contributed by atoms with van der Waals surface area (Å²) in [5.74, 6) is 1.30. The molecule has 8 heteroatoms. The van der Waals surface area contributed by atoms with Crippen molar-refractivity contribution in [2.24, 2.45) is 0 Å². The van der Waals surface area contributed by atoms with Crippen LogP contribution in [0, 0.1) is 0 Å². The van der Waals surface area contributed by atoms with Crippen molar-refractivity contribution in [2.45, 2.75) is 5.22 Å². The molecule has 0 fully saturated rings. The molecule has 3 rings (SSSR count). The van der Waals surface area contributed by atoms with Crippen LogP contribution >= 0.6 is 23.1 Å². The molecule has 2 aromatic heterocycles. The van der Waals surface area contributed by atoms with Gasteiger partial charge >= 0.3 is 5.97 Å². The zero-order valence-corrected chi connectivity index (χ0v) is 13.7. The van der Waals surface area contributed by atoms with Crippen molar-refractivity contribution in [1.82, 2.24) is 10.2 Å². The molecule has 0 aliphatic carbocycles. The molecule has 0 aliphatic heterocycles. The first-order chi connectivity index (χ1) is 11.2. The number of benzene rings is 1. The number of ether oxygens (including phenoxy) is 2. The molecule has 0 atom stereocenters. The van der Waals surface area contributed by atoms with E-state index in [0.717, 1.165) is 16.6 Å². The second-order valence-corrected chi connectivity index (χ2v) is 6.16. The van der Waals surface area contributed by atoms with E-state index in [1.54, 1.807) is 31.4 Å². The van der Waals surface area contributed by atoms with Gasteiger partial charge in [-0.05, 0) is 35.7 Å². The van der Waals surface area contributed by atoms with Gasteiger partial charge in [-0.2, -0.15) is 0 Å². The van der Waals surface area contributed by atoms with E-state index in [-0.39, 0.29) is 5.75 Å². The Morgan fingerprint density at radius 2 is 2.00 bits per heavy atom. The minimum Gasteiger partial charge on any atom is -0.497 e. The summed E-state index contributed by atoms with van der Waals surface area (Å²) in [4.78, 5) is 12.7. The Balaban J connectivity index is 1.52. The number of carbonyl (C=O) groups excluding carboxylic acids is 1. The molecule has 2 heterocycles. The predicted octanol–water partition coefficient (Wildman–Crippen LogP) is 3.50. The smallest absolute Gasteiger partial charge is 0.321 e. The number of rotatable bonds is 6. The number of carbonyl (C=O) groups is 1. The average molecular weight is 348 g/mol. The number of thioether (sulfide) groups is 1. The normalized spacial score (nSPS) is 10.5.